The van der Waals surface area contributed by atoms with Crippen molar-refractivity contribution in [1.82, 2.24) is 0 Å². The second-order valence-electron chi connectivity index (χ2n) is 5.81. The summed E-state index contributed by atoms with van der Waals surface area (Å²) < 4.78 is 27.4. The fourth-order valence-corrected chi connectivity index (χ4v) is 3.09. The molecule has 2 saturated heterocycles. The van der Waals surface area contributed by atoms with Crippen molar-refractivity contribution >= 4 is 5.97 Å². The molecule has 2 fully saturated rings. The summed E-state index contributed by atoms with van der Waals surface area (Å²) in [4.78, 5) is 22.5. The van der Waals surface area contributed by atoms with Gasteiger partial charge in [0.1, 0.15) is 6.10 Å². The monoisotopic (exact) mass is 353 g/mol. The molecule has 0 saturated carbocycles. The topological polar surface area (TPSA) is 106 Å². The van der Waals surface area contributed by atoms with Crippen molar-refractivity contribution < 1.29 is 33.4 Å². The Kier molecular flexibility index (Phi) is 5.28. The van der Waals surface area contributed by atoms with Gasteiger partial charge in [-0.3, -0.25) is 14.9 Å². The Morgan fingerprint density at radius 3 is 2.60 bits per heavy atom. The summed E-state index contributed by atoms with van der Waals surface area (Å²) in [6, 6.07) is 7.76. The van der Waals surface area contributed by atoms with Gasteiger partial charge in [0.25, 0.3) is 6.04 Å². The molecule has 0 aromatic heterocycles. The molecular weight excluding hydrogens is 334 g/mol. The first-order valence-corrected chi connectivity index (χ1v) is 7.82. The first kappa shape index (κ1) is 17.7. The molecule has 1 aromatic carbocycles. The standard InChI is InChI=1S/C16H19NO8/c1-9(18)23-14-12(17(19)20)13-11(24-16(14)21-2)8-22-15(25-13)10-6-4-3-5-7-10/h3-7,11-16H,8H2,1-2H3/t11-,12+,13-,14-,15-,16-/m1/s1. The van der Waals surface area contributed by atoms with Gasteiger partial charge < -0.3 is 23.7 Å². The minimum Gasteiger partial charge on any atom is -0.450 e. The number of ether oxygens (including phenoxy) is 5. The highest BCUT2D eigenvalue weighted by Crippen LogP contribution is 2.36. The number of fused-ring (bicyclic) bond motifs is 1. The Hall–Kier alpha value is -2.07. The van der Waals surface area contributed by atoms with Gasteiger partial charge >= 0.3 is 5.97 Å². The van der Waals surface area contributed by atoms with E-state index in [1.54, 1.807) is 12.1 Å². The van der Waals surface area contributed by atoms with Crippen LogP contribution in [-0.2, 0) is 28.5 Å². The van der Waals surface area contributed by atoms with Crippen LogP contribution in [0.25, 0.3) is 0 Å². The second kappa shape index (κ2) is 7.44. The zero-order valence-electron chi connectivity index (χ0n) is 13.8. The van der Waals surface area contributed by atoms with Crippen molar-refractivity contribution in [2.24, 2.45) is 0 Å². The largest absolute Gasteiger partial charge is 0.450 e. The Balaban J connectivity index is 1.86. The Morgan fingerprint density at radius 2 is 2.00 bits per heavy atom. The molecule has 1 aromatic rings. The summed E-state index contributed by atoms with van der Waals surface area (Å²) in [6.07, 6.45) is -4.68. The molecule has 0 aliphatic carbocycles. The van der Waals surface area contributed by atoms with E-state index in [-0.39, 0.29) is 6.61 Å². The van der Waals surface area contributed by atoms with Crippen LogP contribution in [0.3, 0.4) is 0 Å². The van der Waals surface area contributed by atoms with Crippen LogP contribution < -0.4 is 0 Å². The van der Waals surface area contributed by atoms with Crippen LogP contribution in [0.4, 0.5) is 0 Å². The molecule has 0 radical (unpaired) electrons. The number of esters is 1. The zero-order valence-corrected chi connectivity index (χ0v) is 13.8. The third-order valence-electron chi connectivity index (χ3n) is 4.16. The third-order valence-corrected chi connectivity index (χ3v) is 4.16. The molecular formula is C16H19NO8. The van der Waals surface area contributed by atoms with Crippen LogP contribution in [-0.4, -0.2) is 55.3 Å². The van der Waals surface area contributed by atoms with E-state index in [2.05, 4.69) is 0 Å². The minimum atomic E-state index is -1.33. The van der Waals surface area contributed by atoms with Crippen molar-refractivity contribution in [3.63, 3.8) is 0 Å². The predicted molar refractivity (Wildman–Crippen MR) is 82.0 cm³/mol. The number of nitro groups is 1. The third kappa shape index (κ3) is 3.64. The Morgan fingerprint density at radius 1 is 1.28 bits per heavy atom. The number of nitrogens with zero attached hydrogens (tertiary/aromatic N) is 1. The second-order valence-corrected chi connectivity index (χ2v) is 5.81. The first-order chi connectivity index (χ1) is 12.0. The highest BCUT2D eigenvalue weighted by atomic mass is 16.8. The van der Waals surface area contributed by atoms with Crippen LogP contribution in [0.1, 0.15) is 18.8 Å². The summed E-state index contributed by atoms with van der Waals surface area (Å²) in [5.41, 5.74) is 0.737. The number of hydrogen-bond donors (Lipinski definition) is 0. The van der Waals surface area contributed by atoms with E-state index < -0.39 is 47.8 Å². The van der Waals surface area contributed by atoms with Crippen molar-refractivity contribution in [3.05, 3.63) is 46.0 Å². The van der Waals surface area contributed by atoms with Crippen molar-refractivity contribution in [3.8, 4) is 0 Å². The predicted octanol–water partition coefficient (Wildman–Crippen LogP) is 1.05. The Bertz CT molecular complexity index is 624. The lowest BCUT2D eigenvalue weighted by molar-refractivity contribution is -0.573. The molecule has 2 aliphatic heterocycles. The molecule has 6 atom stereocenters. The summed E-state index contributed by atoms with van der Waals surface area (Å²) in [5, 5.41) is 11.7. The summed E-state index contributed by atoms with van der Waals surface area (Å²) in [5.74, 6) is -0.660. The van der Waals surface area contributed by atoms with Gasteiger partial charge in [-0.1, -0.05) is 30.3 Å². The fourth-order valence-electron chi connectivity index (χ4n) is 3.09. The van der Waals surface area contributed by atoms with E-state index in [4.69, 9.17) is 23.7 Å². The fraction of sp³-hybridized carbons (Fsp3) is 0.562. The molecule has 25 heavy (non-hydrogen) atoms. The first-order valence-electron chi connectivity index (χ1n) is 7.82. The number of rotatable bonds is 4. The smallest absolute Gasteiger partial charge is 0.303 e. The SMILES string of the molecule is CO[C@@H]1O[C@@H]2CO[C@@H](c3ccccc3)O[C@H]2[C@H]([N+](=O)[O-])[C@H]1OC(C)=O. The number of carbonyl (C=O) groups is 1. The summed E-state index contributed by atoms with van der Waals surface area (Å²) in [6.45, 7) is 1.27. The van der Waals surface area contributed by atoms with Gasteiger partial charge in [0.2, 0.25) is 12.4 Å². The normalized spacial score (nSPS) is 34.8. The molecule has 9 heteroatoms. The quantitative estimate of drug-likeness (QED) is 0.449. The average molecular weight is 353 g/mol. The number of methoxy groups -OCH3 is 1. The lowest BCUT2D eigenvalue weighted by atomic mass is 9.95. The molecule has 2 heterocycles. The molecule has 136 valence electrons. The van der Waals surface area contributed by atoms with Gasteiger partial charge in [-0.25, -0.2) is 0 Å². The van der Waals surface area contributed by atoms with Gasteiger partial charge in [0, 0.05) is 24.5 Å². The minimum absolute atomic E-state index is 0.0984. The molecule has 0 amide bonds. The van der Waals surface area contributed by atoms with Gasteiger partial charge in [-0.05, 0) is 0 Å². The zero-order chi connectivity index (χ0) is 18.0. The molecule has 0 bridgehead atoms. The van der Waals surface area contributed by atoms with Crippen molar-refractivity contribution in [2.45, 2.75) is 43.9 Å². The summed E-state index contributed by atoms with van der Waals surface area (Å²) >= 11 is 0. The van der Waals surface area contributed by atoms with Gasteiger partial charge in [-0.2, -0.15) is 0 Å². The molecule has 2 aliphatic rings. The van der Waals surface area contributed by atoms with E-state index in [9.17, 15) is 14.9 Å². The Labute approximate surface area is 143 Å². The maximum Gasteiger partial charge on any atom is 0.303 e. The maximum absolute atomic E-state index is 11.7. The van der Waals surface area contributed by atoms with E-state index >= 15 is 0 Å². The van der Waals surface area contributed by atoms with E-state index in [1.165, 1.54) is 14.0 Å². The average Bonchev–Trinajstić information content (AvgIpc) is 2.60. The maximum atomic E-state index is 11.7. The molecule has 0 N–H and O–H groups in total. The van der Waals surface area contributed by atoms with Crippen LogP contribution in [0.15, 0.2) is 30.3 Å². The molecule has 0 unspecified atom stereocenters. The summed E-state index contributed by atoms with van der Waals surface area (Å²) in [7, 11) is 1.33. The number of hydrogen-bond acceptors (Lipinski definition) is 8. The lowest BCUT2D eigenvalue weighted by Gasteiger charge is -2.44. The van der Waals surface area contributed by atoms with Gasteiger partial charge in [0.05, 0.1) is 6.61 Å². The van der Waals surface area contributed by atoms with E-state index in [0.717, 1.165) is 5.56 Å². The number of benzene rings is 1. The highest BCUT2D eigenvalue weighted by Gasteiger charge is 2.58. The molecule has 3 rings (SSSR count). The van der Waals surface area contributed by atoms with Gasteiger partial charge in [0.15, 0.2) is 12.4 Å². The van der Waals surface area contributed by atoms with E-state index in [0.29, 0.717) is 0 Å². The van der Waals surface area contributed by atoms with Crippen LogP contribution in [0.5, 0.6) is 0 Å². The molecule has 9 nitrogen and oxygen atoms in total. The van der Waals surface area contributed by atoms with Crippen LogP contribution >= 0.6 is 0 Å². The lowest BCUT2D eigenvalue weighted by Crippen LogP contribution is -2.65. The van der Waals surface area contributed by atoms with Crippen molar-refractivity contribution in [2.75, 3.05) is 13.7 Å². The van der Waals surface area contributed by atoms with Crippen LogP contribution in [0.2, 0.25) is 0 Å². The van der Waals surface area contributed by atoms with Crippen LogP contribution in [0, 0.1) is 10.1 Å². The highest BCUT2D eigenvalue weighted by molar-refractivity contribution is 5.66. The number of carbonyl (C=O) groups excluding carboxylic acids is 1. The van der Waals surface area contributed by atoms with Crippen molar-refractivity contribution in [1.29, 1.82) is 0 Å². The molecule has 0 spiro atoms. The van der Waals surface area contributed by atoms with E-state index in [1.807, 2.05) is 18.2 Å². The van der Waals surface area contributed by atoms with Gasteiger partial charge in [-0.15, -0.1) is 0 Å².